The number of aliphatic imine (C=N–C) groups is 1. The largest absolute Gasteiger partial charge is 0.379 e. The van der Waals surface area contributed by atoms with E-state index < -0.39 is 0 Å². The van der Waals surface area contributed by atoms with Crippen molar-refractivity contribution in [3.05, 3.63) is 12.7 Å². The number of hydrogen-bond acceptors (Lipinski definition) is 3. The maximum absolute atomic E-state index is 5.40. The van der Waals surface area contributed by atoms with Gasteiger partial charge in [-0.05, 0) is 25.2 Å². The molecule has 1 atom stereocenters. The molecule has 5 heteroatoms. The molecule has 1 aliphatic heterocycles. The van der Waals surface area contributed by atoms with Gasteiger partial charge in [-0.1, -0.05) is 19.4 Å². The minimum Gasteiger partial charge on any atom is -0.379 e. The highest BCUT2D eigenvalue weighted by molar-refractivity contribution is 5.79. The van der Waals surface area contributed by atoms with Gasteiger partial charge in [-0.25, -0.2) is 0 Å². The first-order valence-electron chi connectivity index (χ1n) is 9.00. The van der Waals surface area contributed by atoms with Crippen LogP contribution in [-0.4, -0.2) is 75.8 Å². The molecule has 0 radical (unpaired) electrons. The van der Waals surface area contributed by atoms with E-state index in [9.17, 15) is 0 Å². The minimum atomic E-state index is 0.603. The lowest BCUT2D eigenvalue weighted by molar-refractivity contribution is 0.0320. The van der Waals surface area contributed by atoms with Gasteiger partial charge in [-0.15, -0.1) is 6.58 Å². The molecule has 0 aromatic rings. The standard InChI is InChI=1S/C18H36N4O/c1-5-6-7-8-9-10-21(4)18(19-3)20-15-17(2)16-22-11-13-23-14-12-22/h5,17H,1,6-16H2,2-4H3,(H,19,20). The van der Waals surface area contributed by atoms with Gasteiger partial charge in [0, 0.05) is 46.8 Å². The predicted molar refractivity (Wildman–Crippen MR) is 99.1 cm³/mol. The second kappa shape index (κ2) is 12.4. The number of rotatable bonds is 10. The molecule has 1 rings (SSSR count). The summed E-state index contributed by atoms with van der Waals surface area (Å²) >= 11 is 0. The van der Waals surface area contributed by atoms with Crippen LogP contribution in [-0.2, 0) is 4.74 Å². The fourth-order valence-electron chi connectivity index (χ4n) is 2.86. The summed E-state index contributed by atoms with van der Waals surface area (Å²) in [5.41, 5.74) is 0. The summed E-state index contributed by atoms with van der Waals surface area (Å²) in [6.45, 7) is 13.1. The monoisotopic (exact) mass is 324 g/mol. The second-order valence-electron chi connectivity index (χ2n) is 6.51. The lowest BCUT2D eigenvalue weighted by Gasteiger charge is -2.30. The van der Waals surface area contributed by atoms with Crippen LogP contribution in [0.1, 0.15) is 32.6 Å². The van der Waals surface area contributed by atoms with Crippen molar-refractivity contribution in [2.75, 3.05) is 60.0 Å². The molecular weight excluding hydrogens is 288 g/mol. The van der Waals surface area contributed by atoms with Gasteiger partial charge in [0.1, 0.15) is 0 Å². The fourth-order valence-corrected chi connectivity index (χ4v) is 2.86. The van der Waals surface area contributed by atoms with E-state index in [1.807, 2.05) is 13.1 Å². The van der Waals surface area contributed by atoms with E-state index in [0.717, 1.165) is 58.3 Å². The molecule has 1 unspecified atom stereocenters. The second-order valence-corrected chi connectivity index (χ2v) is 6.51. The van der Waals surface area contributed by atoms with Gasteiger partial charge in [0.2, 0.25) is 0 Å². The quantitative estimate of drug-likeness (QED) is 0.289. The zero-order valence-corrected chi connectivity index (χ0v) is 15.4. The molecule has 1 N–H and O–H groups in total. The van der Waals surface area contributed by atoms with Gasteiger partial charge in [0.05, 0.1) is 13.2 Å². The average Bonchev–Trinajstić information content (AvgIpc) is 2.56. The van der Waals surface area contributed by atoms with Crippen LogP contribution >= 0.6 is 0 Å². The Morgan fingerprint density at radius 1 is 1.35 bits per heavy atom. The summed E-state index contributed by atoms with van der Waals surface area (Å²) in [5.74, 6) is 1.60. The number of allylic oxidation sites excluding steroid dienone is 1. The van der Waals surface area contributed by atoms with Crippen LogP contribution in [0.5, 0.6) is 0 Å². The van der Waals surface area contributed by atoms with Crippen molar-refractivity contribution in [1.82, 2.24) is 15.1 Å². The van der Waals surface area contributed by atoms with Crippen molar-refractivity contribution in [3.63, 3.8) is 0 Å². The van der Waals surface area contributed by atoms with Crippen LogP contribution in [0.2, 0.25) is 0 Å². The Bertz CT molecular complexity index is 340. The van der Waals surface area contributed by atoms with Crippen molar-refractivity contribution >= 4 is 5.96 Å². The predicted octanol–water partition coefficient (Wildman–Crippen LogP) is 2.21. The number of nitrogens with zero attached hydrogens (tertiary/aromatic N) is 3. The van der Waals surface area contributed by atoms with Gasteiger partial charge in [-0.2, -0.15) is 0 Å². The molecule has 0 aliphatic carbocycles. The van der Waals surface area contributed by atoms with Crippen molar-refractivity contribution in [3.8, 4) is 0 Å². The zero-order chi connectivity index (χ0) is 16.9. The van der Waals surface area contributed by atoms with Crippen LogP contribution in [0.25, 0.3) is 0 Å². The van der Waals surface area contributed by atoms with Gasteiger partial charge in [0.25, 0.3) is 0 Å². The molecule has 0 amide bonds. The van der Waals surface area contributed by atoms with E-state index in [-0.39, 0.29) is 0 Å². The van der Waals surface area contributed by atoms with Crippen LogP contribution < -0.4 is 5.32 Å². The van der Waals surface area contributed by atoms with Crippen LogP contribution in [0, 0.1) is 5.92 Å². The minimum absolute atomic E-state index is 0.603. The highest BCUT2D eigenvalue weighted by Crippen LogP contribution is 2.04. The maximum atomic E-state index is 5.40. The summed E-state index contributed by atoms with van der Waals surface area (Å²) in [4.78, 5) is 9.12. The number of ether oxygens (including phenoxy) is 1. The molecule has 0 saturated carbocycles. The van der Waals surface area contributed by atoms with Gasteiger partial charge in [-0.3, -0.25) is 9.89 Å². The topological polar surface area (TPSA) is 40.1 Å². The molecule has 1 saturated heterocycles. The van der Waals surface area contributed by atoms with Crippen molar-refractivity contribution in [2.45, 2.75) is 32.6 Å². The van der Waals surface area contributed by atoms with Crippen LogP contribution in [0.15, 0.2) is 17.6 Å². The van der Waals surface area contributed by atoms with Gasteiger partial charge in [0.15, 0.2) is 5.96 Å². The molecule has 5 nitrogen and oxygen atoms in total. The molecular formula is C18H36N4O. The van der Waals surface area contributed by atoms with E-state index in [1.54, 1.807) is 0 Å². The highest BCUT2D eigenvalue weighted by Gasteiger charge is 2.14. The normalized spacial score (nSPS) is 17.8. The molecule has 1 aliphatic rings. The molecule has 0 bridgehead atoms. The van der Waals surface area contributed by atoms with Gasteiger partial charge >= 0.3 is 0 Å². The summed E-state index contributed by atoms with van der Waals surface area (Å²) < 4.78 is 5.40. The summed E-state index contributed by atoms with van der Waals surface area (Å²) in [7, 11) is 3.98. The Morgan fingerprint density at radius 2 is 2.09 bits per heavy atom. The first-order chi connectivity index (χ1) is 11.2. The van der Waals surface area contributed by atoms with Crippen LogP contribution in [0.3, 0.4) is 0 Å². The Hall–Kier alpha value is -1.07. The number of nitrogens with one attached hydrogen (secondary N) is 1. The van der Waals surface area contributed by atoms with Crippen molar-refractivity contribution in [2.24, 2.45) is 10.9 Å². The van der Waals surface area contributed by atoms with E-state index in [4.69, 9.17) is 4.74 Å². The Morgan fingerprint density at radius 3 is 2.74 bits per heavy atom. The molecule has 1 heterocycles. The van der Waals surface area contributed by atoms with E-state index >= 15 is 0 Å². The molecule has 0 aromatic heterocycles. The number of unbranched alkanes of at least 4 members (excludes halogenated alkanes) is 3. The lowest BCUT2D eigenvalue weighted by atomic mass is 10.1. The molecule has 0 spiro atoms. The third-order valence-corrected chi connectivity index (χ3v) is 4.26. The molecule has 1 fully saturated rings. The highest BCUT2D eigenvalue weighted by atomic mass is 16.5. The number of morpholine rings is 1. The maximum Gasteiger partial charge on any atom is 0.193 e. The lowest BCUT2D eigenvalue weighted by Crippen LogP contribution is -2.44. The van der Waals surface area contributed by atoms with Crippen molar-refractivity contribution < 1.29 is 4.74 Å². The van der Waals surface area contributed by atoms with E-state index in [0.29, 0.717) is 5.92 Å². The Balaban J connectivity index is 2.19. The third kappa shape index (κ3) is 8.96. The first-order valence-corrected chi connectivity index (χ1v) is 9.00. The van der Waals surface area contributed by atoms with Crippen molar-refractivity contribution in [1.29, 1.82) is 0 Å². The van der Waals surface area contributed by atoms with E-state index in [1.165, 1.54) is 19.3 Å². The summed E-state index contributed by atoms with van der Waals surface area (Å²) in [5, 5.41) is 3.51. The number of guanidine groups is 1. The first kappa shape index (κ1) is 20.0. The fraction of sp³-hybridized carbons (Fsp3) is 0.833. The smallest absolute Gasteiger partial charge is 0.193 e. The molecule has 0 aromatic carbocycles. The zero-order valence-electron chi connectivity index (χ0n) is 15.4. The summed E-state index contributed by atoms with van der Waals surface area (Å²) in [6, 6.07) is 0. The van der Waals surface area contributed by atoms with E-state index in [2.05, 4.69) is 40.7 Å². The Labute approximate surface area is 142 Å². The Kier molecular flexibility index (Phi) is 10.7. The van der Waals surface area contributed by atoms with Gasteiger partial charge < -0.3 is 15.0 Å². The SMILES string of the molecule is C=CCCCCCN(C)C(=NC)NCC(C)CN1CCOCC1. The molecule has 23 heavy (non-hydrogen) atoms. The van der Waals surface area contributed by atoms with Crippen LogP contribution in [0.4, 0.5) is 0 Å². The summed E-state index contributed by atoms with van der Waals surface area (Å²) in [6.07, 6.45) is 6.81. The third-order valence-electron chi connectivity index (χ3n) is 4.26. The number of hydrogen-bond donors (Lipinski definition) is 1. The molecule has 134 valence electrons. The average molecular weight is 325 g/mol.